The number of carbonyl (C=O) groups excluding carboxylic acids is 2. The highest BCUT2D eigenvalue weighted by Gasteiger charge is 2.32. The average molecular weight is 345 g/mol. The van der Waals surface area contributed by atoms with Gasteiger partial charge in [-0.05, 0) is 31.9 Å². The Morgan fingerprint density at radius 1 is 1.24 bits per heavy atom. The van der Waals surface area contributed by atoms with E-state index >= 15 is 0 Å². The molecule has 1 N–H and O–H groups in total. The fourth-order valence-electron chi connectivity index (χ4n) is 3.69. The van der Waals surface area contributed by atoms with Gasteiger partial charge in [0.05, 0.1) is 25.4 Å². The van der Waals surface area contributed by atoms with Crippen LogP contribution < -0.4 is 15.0 Å². The second-order valence-electron chi connectivity index (χ2n) is 6.85. The first-order valence-electron chi connectivity index (χ1n) is 9.08. The van der Waals surface area contributed by atoms with E-state index < -0.39 is 0 Å². The smallest absolute Gasteiger partial charge is 0.241 e. The highest BCUT2D eigenvalue weighted by atomic mass is 16.5. The Morgan fingerprint density at radius 3 is 2.64 bits per heavy atom. The Hall–Kier alpha value is -2.08. The number of nitrogens with one attached hydrogen (secondary N) is 1. The predicted molar refractivity (Wildman–Crippen MR) is 96.8 cm³/mol. The molecular formula is C19H27N3O3. The molecule has 2 aliphatic rings. The molecule has 1 saturated heterocycles. The van der Waals surface area contributed by atoms with Gasteiger partial charge in [0.15, 0.2) is 0 Å². The molecule has 25 heavy (non-hydrogen) atoms. The van der Waals surface area contributed by atoms with Crippen LogP contribution in [0.1, 0.15) is 32.6 Å². The van der Waals surface area contributed by atoms with Crippen molar-refractivity contribution in [2.45, 2.75) is 44.7 Å². The van der Waals surface area contributed by atoms with Crippen LogP contribution in [0, 0.1) is 0 Å². The third-order valence-electron chi connectivity index (χ3n) is 5.25. The first-order chi connectivity index (χ1) is 12.1. The molecule has 1 heterocycles. The van der Waals surface area contributed by atoms with Crippen molar-refractivity contribution >= 4 is 17.5 Å². The van der Waals surface area contributed by atoms with E-state index in [4.69, 9.17) is 4.74 Å². The summed E-state index contributed by atoms with van der Waals surface area (Å²) < 4.78 is 5.36. The molecule has 6 nitrogen and oxygen atoms in total. The van der Waals surface area contributed by atoms with Crippen LogP contribution in [0.15, 0.2) is 24.3 Å². The van der Waals surface area contributed by atoms with Gasteiger partial charge in [-0.15, -0.1) is 0 Å². The molecule has 6 heteroatoms. The van der Waals surface area contributed by atoms with Crippen LogP contribution in [-0.2, 0) is 9.59 Å². The third kappa shape index (κ3) is 3.95. The zero-order valence-electron chi connectivity index (χ0n) is 15.0. The molecule has 0 radical (unpaired) electrons. The Bertz CT molecular complexity index is 628. The number of carbonyl (C=O) groups is 2. The van der Waals surface area contributed by atoms with Gasteiger partial charge >= 0.3 is 0 Å². The lowest BCUT2D eigenvalue weighted by Gasteiger charge is -2.37. The van der Waals surface area contributed by atoms with Crippen LogP contribution in [0.5, 0.6) is 5.75 Å². The van der Waals surface area contributed by atoms with E-state index in [0.29, 0.717) is 24.9 Å². The van der Waals surface area contributed by atoms with Gasteiger partial charge in [0.1, 0.15) is 5.75 Å². The monoisotopic (exact) mass is 345 g/mol. The van der Waals surface area contributed by atoms with Gasteiger partial charge in [0, 0.05) is 19.1 Å². The van der Waals surface area contributed by atoms with Crippen molar-refractivity contribution in [2.24, 2.45) is 0 Å². The van der Waals surface area contributed by atoms with Gasteiger partial charge in [0.25, 0.3) is 0 Å². The normalized spacial score (nSPS) is 20.6. The largest absolute Gasteiger partial charge is 0.495 e. The number of nitrogens with zero attached hydrogens (tertiary/aromatic N) is 2. The molecule has 1 unspecified atom stereocenters. The number of para-hydroxylation sites is 2. The van der Waals surface area contributed by atoms with Crippen LogP contribution in [0.2, 0.25) is 0 Å². The molecule has 136 valence electrons. The summed E-state index contributed by atoms with van der Waals surface area (Å²) in [4.78, 5) is 28.8. The number of amides is 2. The minimum Gasteiger partial charge on any atom is -0.495 e. The van der Waals surface area contributed by atoms with E-state index in [1.165, 1.54) is 12.8 Å². The number of ether oxygens (including phenoxy) is 1. The highest BCUT2D eigenvalue weighted by Crippen LogP contribution is 2.29. The van der Waals surface area contributed by atoms with E-state index in [1.54, 1.807) is 12.0 Å². The molecule has 2 fully saturated rings. The lowest BCUT2D eigenvalue weighted by molar-refractivity contribution is -0.129. The average Bonchev–Trinajstić information content (AvgIpc) is 3.14. The highest BCUT2D eigenvalue weighted by molar-refractivity contribution is 5.97. The maximum absolute atomic E-state index is 12.6. The van der Waals surface area contributed by atoms with Gasteiger partial charge in [-0.3, -0.25) is 14.5 Å². The van der Waals surface area contributed by atoms with Crippen molar-refractivity contribution in [3.63, 3.8) is 0 Å². The standard InChI is InChI=1S/C19H27N3O3/c1-14(19(24)20-15-7-3-4-8-15)21-11-12-22(18(23)13-21)16-9-5-6-10-17(16)25-2/h5-6,9-10,14-15H,3-4,7-8,11-13H2,1-2H3,(H,20,24). The van der Waals surface area contributed by atoms with Gasteiger partial charge < -0.3 is 15.0 Å². The summed E-state index contributed by atoms with van der Waals surface area (Å²) in [5, 5.41) is 3.13. The molecule has 1 aromatic carbocycles. The van der Waals surface area contributed by atoms with Crippen LogP contribution >= 0.6 is 0 Å². The van der Waals surface area contributed by atoms with Crippen molar-refractivity contribution in [2.75, 3.05) is 31.6 Å². The molecule has 0 spiro atoms. The summed E-state index contributed by atoms with van der Waals surface area (Å²) in [7, 11) is 1.61. The molecule has 1 aromatic rings. The second kappa shape index (κ2) is 7.87. The summed E-state index contributed by atoms with van der Waals surface area (Å²) in [6, 6.07) is 7.55. The minimum atomic E-state index is -0.288. The molecule has 1 saturated carbocycles. The molecule has 1 atom stereocenters. The van der Waals surface area contributed by atoms with E-state index in [2.05, 4.69) is 5.32 Å². The summed E-state index contributed by atoms with van der Waals surface area (Å²) in [6.45, 7) is 3.36. The zero-order valence-corrected chi connectivity index (χ0v) is 15.0. The molecule has 0 bridgehead atoms. The van der Waals surface area contributed by atoms with Crippen molar-refractivity contribution in [3.8, 4) is 5.75 Å². The maximum Gasteiger partial charge on any atom is 0.241 e. The molecule has 2 amide bonds. The van der Waals surface area contributed by atoms with Crippen LogP contribution in [0.25, 0.3) is 0 Å². The third-order valence-corrected chi connectivity index (χ3v) is 5.25. The van der Waals surface area contributed by atoms with Crippen molar-refractivity contribution in [1.82, 2.24) is 10.2 Å². The number of benzene rings is 1. The van der Waals surface area contributed by atoms with E-state index in [9.17, 15) is 9.59 Å². The van der Waals surface area contributed by atoms with Gasteiger partial charge in [-0.2, -0.15) is 0 Å². The van der Waals surface area contributed by atoms with Crippen LogP contribution in [0.3, 0.4) is 0 Å². The fraction of sp³-hybridized carbons (Fsp3) is 0.579. The minimum absolute atomic E-state index is 0.00346. The number of methoxy groups -OCH3 is 1. The van der Waals surface area contributed by atoms with E-state index in [0.717, 1.165) is 18.5 Å². The van der Waals surface area contributed by atoms with E-state index in [1.807, 2.05) is 36.1 Å². The lowest BCUT2D eigenvalue weighted by Crippen LogP contribution is -2.57. The Morgan fingerprint density at radius 2 is 1.96 bits per heavy atom. The van der Waals surface area contributed by atoms with E-state index in [-0.39, 0.29) is 24.4 Å². The zero-order chi connectivity index (χ0) is 17.8. The number of hydrogen-bond donors (Lipinski definition) is 1. The lowest BCUT2D eigenvalue weighted by atomic mass is 10.1. The first-order valence-corrected chi connectivity index (χ1v) is 9.08. The number of anilines is 1. The SMILES string of the molecule is COc1ccccc1N1CCN(C(C)C(=O)NC2CCCC2)CC1=O. The van der Waals surface area contributed by atoms with Gasteiger partial charge in [-0.1, -0.05) is 25.0 Å². The molecule has 1 aliphatic carbocycles. The first kappa shape index (κ1) is 17.7. The summed E-state index contributed by atoms with van der Waals surface area (Å²) in [5.41, 5.74) is 0.790. The van der Waals surface area contributed by atoms with Gasteiger partial charge in [0.2, 0.25) is 11.8 Å². The van der Waals surface area contributed by atoms with Crippen molar-refractivity contribution in [1.29, 1.82) is 0 Å². The topological polar surface area (TPSA) is 61.9 Å². The summed E-state index contributed by atoms with van der Waals surface area (Å²) in [5.74, 6) is 0.720. The Kier molecular flexibility index (Phi) is 5.58. The quantitative estimate of drug-likeness (QED) is 0.884. The van der Waals surface area contributed by atoms with Gasteiger partial charge in [-0.25, -0.2) is 0 Å². The Labute approximate surface area is 149 Å². The molecule has 3 rings (SSSR count). The predicted octanol–water partition coefficient (Wildman–Crippen LogP) is 1.79. The maximum atomic E-state index is 12.6. The van der Waals surface area contributed by atoms with Crippen LogP contribution in [0.4, 0.5) is 5.69 Å². The summed E-state index contributed by atoms with van der Waals surface area (Å²) >= 11 is 0. The fourth-order valence-corrected chi connectivity index (χ4v) is 3.69. The number of rotatable bonds is 5. The molecular weight excluding hydrogens is 318 g/mol. The van der Waals surface area contributed by atoms with Crippen molar-refractivity contribution < 1.29 is 14.3 Å². The van der Waals surface area contributed by atoms with Crippen LogP contribution in [-0.4, -0.2) is 55.5 Å². The number of hydrogen-bond acceptors (Lipinski definition) is 4. The Balaban J connectivity index is 1.61. The molecule has 1 aliphatic heterocycles. The van der Waals surface area contributed by atoms with Crippen molar-refractivity contribution in [3.05, 3.63) is 24.3 Å². The molecule has 0 aromatic heterocycles. The summed E-state index contributed by atoms with van der Waals surface area (Å²) in [6.07, 6.45) is 4.52. The second-order valence-corrected chi connectivity index (χ2v) is 6.85. The number of piperazine rings is 1.